The Morgan fingerprint density at radius 3 is 2.47 bits per heavy atom. The van der Waals surface area contributed by atoms with Gasteiger partial charge in [-0.3, -0.25) is 14.5 Å². The second-order valence-electron chi connectivity index (χ2n) is 7.19. The van der Waals surface area contributed by atoms with Crippen LogP contribution in [0.3, 0.4) is 0 Å². The van der Waals surface area contributed by atoms with Crippen molar-refractivity contribution in [3.05, 3.63) is 28.8 Å². The van der Waals surface area contributed by atoms with E-state index in [0.717, 1.165) is 10.7 Å². The summed E-state index contributed by atoms with van der Waals surface area (Å²) in [6.07, 6.45) is 0.758. The Labute approximate surface area is 182 Å². The lowest BCUT2D eigenvalue weighted by Gasteiger charge is -2.34. The first-order valence-corrected chi connectivity index (χ1v) is 11.5. The normalized spacial score (nSPS) is 15.4. The number of carbonyl (C=O) groups is 2. The number of carbonyl (C=O) groups excluding carboxylic acids is 2. The van der Waals surface area contributed by atoms with Gasteiger partial charge in [0.2, 0.25) is 15.9 Å². The van der Waals surface area contributed by atoms with Gasteiger partial charge in [-0.15, -0.1) is 0 Å². The fraction of sp³-hybridized carbons (Fsp3) is 0.579. The molecule has 1 aliphatic rings. The smallest absolute Gasteiger partial charge is 0.255 e. The highest BCUT2D eigenvalue weighted by molar-refractivity contribution is 7.89. The number of methoxy groups -OCH3 is 1. The molecule has 0 spiro atoms. The van der Waals surface area contributed by atoms with E-state index >= 15 is 0 Å². The quantitative estimate of drug-likeness (QED) is 0.539. The fourth-order valence-electron chi connectivity index (χ4n) is 3.02. The van der Waals surface area contributed by atoms with Crippen molar-refractivity contribution in [1.29, 1.82) is 0 Å². The van der Waals surface area contributed by atoms with Crippen molar-refractivity contribution in [1.82, 2.24) is 19.4 Å². The summed E-state index contributed by atoms with van der Waals surface area (Å²) >= 11 is 6.18. The molecule has 1 fully saturated rings. The molecule has 1 aromatic carbocycles. The Balaban J connectivity index is 1.95. The molecule has 2 amide bonds. The maximum absolute atomic E-state index is 12.9. The topological polar surface area (TPSA) is 99.3 Å². The molecule has 1 aromatic rings. The van der Waals surface area contributed by atoms with E-state index in [-0.39, 0.29) is 33.8 Å². The van der Waals surface area contributed by atoms with Crippen LogP contribution in [0.2, 0.25) is 5.02 Å². The largest absolute Gasteiger partial charge is 0.385 e. The third-order valence-corrected chi connectivity index (χ3v) is 6.96. The van der Waals surface area contributed by atoms with E-state index in [1.165, 1.54) is 32.3 Å². The molecule has 168 valence electrons. The number of piperazine rings is 1. The van der Waals surface area contributed by atoms with Crippen LogP contribution in [0.5, 0.6) is 0 Å². The highest BCUT2D eigenvalue weighted by atomic mass is 35.5. The molecule has 0 bridgehead atoms. The minimum atomic E-state index is -3.67. The van der Waals surface area contributed by atoms with Crippen molar-refractivity contribution < 1.29 is 22.7 Å². The van der Waals surface area contributed by atoms with Crippen LogP contribution in [0.4, 0.5) is 0 Å². The number of rotatable bonds is 9. The number of sulfonamides is 1. The molecule has 0 unspecified atom stereocenters. The monoisotopic (exact) mass is 460 g/mol. The lowest BCUT2D eigenvalue weighted by Crippen LogP contribution is -2.51. The Morgan fingerprint density at radius 2 is 1.87 bits per heavy atom. The van der Waals surface area contributed by atoms with Gasteiger partial charge in [0.05, 0.1) is 22.0 Å². The maximum atomic E-state index is 12.9. The Bertz CT molecular complexity index is 854. The summed E-state index contributed by atoms with van der Waals surface area (Å²) in [5, 5.41) is 3.05. The highest BCUT2D eigenvalue weighted by Gasteiger charge is 2.26. The van der Waals surface area contributed by atoms with E-state index in [9.17, 15) is 18.0 Å². The van der Waals surface area contributed by atoms with Crippen molar-refractivity contribution in [3.63, 3.8) is 0 Å². The summed E-state index contributed by atoms with van der Waals surface area (Å²) in [5.74, 6) is -0.380. The van der Waals surface area contributed by atoms with Gasteiger partial charge in [0, 0.05) is 60.5 Å². The molecule has 1 aliphatic heterocycles. The second-order valence-corrected chi connectivity index (χ2v) is 9.75. The average Bonchev–Trinajstić information content (AvgIpc) is 2.71. The predicted octanol–water partition coefficient (Wildman–Crippen LogP) is 0.501. The van der Waals surface area contributed by atoms with E-state index in [2.05, 4.69) is 5.32 Å². The molecule has 0 aliphatic carbocycles. The van der Waals surface area contributed by atoms with Crippen molar-refractivity contribution in [3.8, 4) is 0 Å². The standard InChI is InChI=1S/C19H29ClN4O5S/c1-22(2)30(27,28)15-5-6-17(20)16(13-15)19(26)24-10-8-23(9-11-24)14-18(25)21-7-4-12-29-3/h5-6,13H,4,7-12,14H2,1-3H3,(H,21,25). The van der Waals surface area contributed by atoms with Crippen LogP contribution in [0.25, 0.3) is 0 Å². The Morgan fingerprint density at radius 1 is 1.20 bits per heavy atom. The van der Waals surface area contributed by atoms with Gasteiger partial charge in [-0.1, -0.05) is 11.6 Å². The molecular weight excluding hydrogens is 432 g/mol. The van der Waals surface area contributed by atoms with E-state index < -0.39 is 10.0 Å². The van der Waals surface area contributed by atoms with E-state index in [4.69, 9.17) is 16.3 Å². The van der Waals surface area contributed by atoms with Crippen LogP contribution < -0.4 is 5.32 Å². The fourth-order valence-corrected chi connectivity index (χ4v) is 4.15. The number of halogens is 1. The van der Waals surface area contributed by atoms with Gasteiger partial charge in [-0.25, -0.2) is 12.7 Å². The third kappa shape index (κ3) is 6.39. The number of amides is 2. The van der Waals surface area contributed by atoms with Gasteiger partial charge in [0.15, 0.2) is 0 Å². The summed E-state index contributed by atoms with van der Waals surface area (Å²) in [6, 6.07) is 4.13. The molecule has 11 heteroatoms. The van der Waals surface area contributed by atoms with Crippen LogP contribution >= 0.6 is 11.6 Å². The van der Waals surface area contributed by atoms with E-state index in [0.29, 0.717) is 39.3 Å². The van der Waals surface area contributed by atoms with Crippen molar-refractivity contribution in [2.75, 3.05) is 67.1 Å². The molecule has 1 saturated heterocycles. The SMILES string of the molecule is COCCCNC(=O)CN1CCN(C(=O)c2cc(S(=O)(=O)N(C)C)ccc2Cl)CC1. The lowest BCUT2D eigenvalue weighted by molar-refractivity contribution is -0.122. The minimum absolute atomic E-state index is 0.0176. The van der Waals surface area contributed by atoms with Gasteiger partial charge in [-0.05, 0) is 24.6 Å². The van der Waals surface area contributed by atoms with Crippen LogP contribution in [-0.2, 0) is 19.6 Å². The van der Waals surface area contributed by atoms with Gasteiger partial charge in [0.25, 0.3) is 5.91 Å². The van der Waals surface area contributed by atoms with Crippen LogP contribution in [0.15, 0.2) is 23.1 Å². The summed E-state index contributed by atoms with van der Waals surface area (Å²) in [4.78, 5) is 28.5. The number of benzene rings is 1. The van der Waals surface area contributed by atoms with Crippen LogP contribution in [0, 0.1) is 0 Å². The predicted molar refractivity (Wildman–Crippen MR) is 114 cm³/mol. The summed E-state index contributed by atoms with van der Waals surface area (Å²) in [7, 11) is 0.805. The third-order valence-electron chi connectivity index (χ3n) is 4.82. The van der Waals surface area contributed by atoms with Crippen molar-refractivity contribution >= 4 is 33.4 Å². The first-order chi connectivity index (χ1) is 14.2. The summed E-state index contributed by atoms with van der Waals surface area (Å²) in [6.45, 7) is 3.38. The highest BCUT2D eigenvalue weighted by Crippen LogP contribution is 2.24. The number of nitrogens with one attached hydrogen (secondary N) is 1. The molecule has 0 aromatic heterocycles. The molecule has 9 nitrogen and oxygen atoms in total. The number of hydrogen-bond acceptors (Lipinski definition) is 6. The zero-order valence-electron chi connectivity index (χ0n) is 17.6. The van der Waals surface area contributed by atoms with Gasteiger partial charge < -0.3 is 15.0 Å². The summed E-state index contributed by atoms with van der Waals surface area (Å²) < 4.78 is 30.7. The molecule has 1 N–H and O–H groups in total. The zero-order chi connectivity index (χ0) is 22.3. The zero-order valence-corrected chi connectivity index (χ0v) is 19.1. The van der Waals surface area contributed by atoms with Gasteiger partial charge in [-0.2, -0.15) is 0 Å². The van der Waals surface area contributed by atoms with Crippen LogP contribution in [0.1, 0.15) is 16.8 Å². The van der Waals surface area contributed by atoms with Gasteiger partial charge in [0.1, 0.15) is 0 Å². The van der Waals surface area contributed by atoms with E-state index in [1.54, 1.807) is 12.0 Å². The second kappa shape index (κ2) is 11.1. The summed E-state index contributed by atoms with van der Waals surface area (Å²) in [5.41, 5.74) is 0.156. The average molecular weight is 461 g/mol. The molecule has 0 saturated carbocycles. The van der Waals surface area contributed by atoms with Crippen molar-refractivity contribution in [2.45, 2.75) is 11.3 Å². The minimum Gasteiger partial charge on any atom is -0.385 e. The molecular formula is C19H29ClN4O5S. The molecule has 0 atom stereocenters. The first-order valence-electron chi connectivity index (χ1n) is 9.66. The Kier molecular flexibility index (Phi) is 9.05. The Hall–Kier alpha value is -1.72. The first kappa shape index (κ1) is 24.5. The molecule has 1 heterocycles. The van der Waals surface area contributed by atoms with E-state index in [1.807, 2.05) is 4.90 Å². The molecule has 30 heavy (non-hydrogen) atoms. The molecule has 2 rings (SSSR count). The lowest BCUT2D eigenvalue weighted by atomic mass is 10.1. The number of ether oxygens (including phenoxy) is 1. The maximum Gasteiger partial charge on any atom is 0.255 e. The van der Waals surface area contributed by atoms with Crippen molar-refractivity contribution in [2.24, 2.45) is 0 Å². The van der Waals surface area contributed by atoms with Crippen LogP contribution in [-0.4, -0.2) is 101 Å². The number of nitrogens with zero attached hydrogens (tertiary/aromatic N) is 3. The number of hydrogen-bond donors (Lipinski definition) is 1. The van der Waals surface area contributed by atoms with Gasteiger partial charge >= 0.3 is 0 Å². The molecule has 0 radical (unpaired) electrons.